The number of hydrogen-bond acceptors (Lipinski definition) is 4. The predicted molar refractivity (Wildman–Crippen MR) is 66.0 cm³/mol. The van der Waals surface area contributed by atoms with Gasteiger partial charge in [-0.15, -0.1) is 0 Å². The molecule has 0 bridgehead atoms. The molecule has 2 amide bonds. The number of rotatable bonds is 7. The average molecular weight is 259 g/mol. The third-order valence-corrected chi connectivity index (χ3v) is 2.49. The minimum atomic E-state index is -1.11. The Morgan fingerprint density at radius 3 is 2.17 bits per heavy atom. The largest absolute Gasteiger partial charge is 0.481 e. The van der Waals surface area contributed by atoms with E-state index < -0.39 is 24.3 Å². The highest BCUT2D eigenvalue weighted by atomic mass is 16.4. The molecule has 0 rings (SSSR count). The van der Waals surface area contributed by atoms with Crippen LogP contribution in [0.5, 0.6) is 0 Å². The van der Waals surface area contributed by atoms with Gasteiger partial charge >= 0.3 is 5.97 Å². The van der Waals surface area contributed by atoms with Crippen molar-refractivity contribution in [3.8, 4) is 0 Å². The Hall–Kier alpha value is -1.63. The van der Waals surface area contributed by atoms with Crippen molar-refractivity contribution in [1.82, 2.24) is 15.1 Å². The minimum absolute atomic E-state index is 0.344. The van der Waals surface area contributed by atoms with Crippen molar-refractivity contribution < 1.29 is 19.5 Å². The number of likely N-dealkylation sites (N-methyl/N-ethyl adjacent to an activating group) is 2. The lowest BCUT2D eigenvalue weighted by Gasteiger charge is -2.25. The number of carboxylic acids is 1. The Bertz CT molecular complexity index is 317. The maximum atomic E-state index is 11.8. The van der Waals surface area contributed by atoms with Gasteiger partial charge in [-0.25, -0.2) is 0 Å². The van der Waals surface area contributed by atoms with Gasteiger partial charge in [0, 0.05) is 27.1 Å². The monoisotopic (exact) mass is 259 g/mol. The fourth-order valence-electron chi connectivity index (χ4n) is 1.31. The highest BCUT2D eigenvalue weighted by Crippen LogP contribution is 2.03. The van der Waals surface area contributed by atoms with E-state index in [1.807, 2.05) is 19.0 Å². The van der Waals surface area contributed by atoms with Crippen LogP contribution in [0, 0.1) is 0 Å². The molecular formula is C11H21N3O4. The zero-order valence-corrected chi connectivity index (χ0v) is 11.3. The summed E-state index contributed by atoms with van der Waals surface area (Å²) in [5.74, 6) is -1.91. The first kappa shape index (κ1) is 16.4. The van der Waals surface area contributed by atoms with E-state index in [-0.39, 0.29) is 5.91 Å². The van der Waals surface area contributed by atoms with Gasteiger partial charge < -0.3 is 20.2 Å². The van der Waals surface area contributed by atoms with Crippen LogP contribution >= 0.6 is 0 Å². The molecule has 2 N–H and O–H groups in total. The lowest BCUT2D eigenvalue weighted by Crippen LogP contribution is -2.49. The summed E-state index contributed by atoms with van der Waals surface area (Å²) in [5.41, 5.74) is 0. The number of carboxylic acid groups (broad SMARTS) is 1. The van der Waals surface area contributed by atoms with Gasteiger partial charge in [-0.05, 0) is 14.1 Å². The highest BCUT2D eigenvalue weighted by Gasteiger charge is 2.27. The second kappa shape index (κ2) is 7.65. The van der Waals surface area contributed by atoms with Crippen LogP contribution in [0.2, 0.25) is 0 Å². The quantitative estimate of drug-likeness (QED) is 0.611. The van der Waals surface area contributed by atoms with Crippen molar-refractivity contribution >= 4 is 17.8 Å². The van der Waals surface area contributed by atoms with Gasteiger partial charge in [0.15, 0.2) is 0 Å². The van der Waals surface area contributed by atoms with Gasteiger partial charge in [0.25, 0.3) is 0 Å². The Kier molecular flexibility index (Phi) is 6.96. The topological polar surface area (TPSA) is 90.0 Å². The SMILES string of the molecule is CC(=O)N(C)C(CC(=O)O)C(=O)NCCN(C)C. The van der Waals surface area contributed by atoms with Gasteiger partial charge in [0.05, 0.1) is 6.42 Å². The molecule has 0 spiro atoms. The molecule has 104 valence electrons. The second-order valence-corrected chi connectivity index (χ2v) is 4.34. The van der Waals surface area contributed by atoms with Crippen molar-refractivity contribution in [1.29, 1.82) is 0 Å². The summed E-state index contributed by atoms with van der Waals surface area (Å²) in [6.07, 6.45) is -0.399. The lowest BCUT2D eigenvalue weighted by atomic mass is 10.1. The summed E-state index contributed by atoms with van der Waals surface area (Å²) in [5, 5.41) is 11.4. The van der Waals surface area contributed by atoms with Gasteiger partial charge in [-0.1, -0.05) is 0 Å². The minimum Gasteiger partial charge on any atom is -0.481 e. The number of nitrogens with zero attached hydrogens (tertiary/aromatic N) is 2. The predicted octanol–water partition coefficient (Wildman–Crippen LogP) is -1.01. The first-order valence-electron chi connectivity index (χ1n) is 5.63. The molecule has 0 fully saturated rings. The molecule has 1 unspecified atom stereocenters. The number of hydrogen-bond donors (Lipinski definition) is 2. The van der Waals surface area contributed by atoms with E-state index in [4.69, 9.17) is 5.11 Å². The summed E-state index contributed by atoms with van der Waals surface area (Å²) < 4.78 is 0. The van der Waals surface area contributed by atoms with Crippen LogP contribution in [-0.2, 0) is 14.4 Å². The van der Waals surface area contributed by atoms with Gasteiger partial charge in [-0.3, -0.25) is 14.4 Å². The van der Waals surface area contributed by atoms with Gasteiger partial charge in [0.2, 0.25) is 11.8 Å². The molecule has 0 aromatic heterocycles. The molecule has 7 heteroatoms. The average Bonchev–Trinajstić information content (AvgIpc) is 2.23. The van der Waals surface area contributed by atoms with Gasteiger partial charge in [-0.2, -0.15) is 0 Å². The zero-order valence-electron chi connectivity index (χ0n) is 11.3. The zero-order chi connectivity index (χ0) is 14.3. The number of amides is 2. The van der Waals surface area contributed by atoms with Crippen molar-refractivity contribution in [2.45, 2.75) is 19.4 Å². The highest BCUT2D eigenvalue weighted by molar-refractivity contribution is 5.89. The Morgan fingerprint density at radius 2 is 1.78 bits per heavy atom. The molecule has 0 aromatic carbocycles. The molecule has 0 saturated carbocycles. The molecule has 0 heterocycles. The number of nitrogens with one attached hydrogen (secondary N) is 1. The summed E-state index contributed by atoms with van der Waals surface area (Å²) in [7, 11) is 5.15. The molecule has 0 saturated heterocycles. The molecule has 1 atom stereocenters. The smallest absolute Gasteiger partial charge is 0.305 e. The van der Waals surface area contributed by atoms with Crippen molar-refractivity contribution in [3.63, 3.8) is 0 Å². The molecule has 0 aliphatic carbocycles. The van der Waals surface area contributed by atoms with Crippen molar-refractivity contribution in [2.24, 2.45) is 0 Å². The van der Waals surface area contributed by atoms with Crippen LogP contribution in [0.25, 0.3) is 0 Å². The standard InChI is InChI=1S/C11H21N3O4/c1-8(15)14(4)9(7-10(16)17)11(18)12-5-6-13(2)3/h9H,5-7H2,1-4H3,(H,12,18)(H,16,17). The van der Waals surface area contributed by atoms with E-state index in [9.17, 15) is 14.4 Å². The molecule has 0 aliphatic heterocycles. The molecule has 0 radical (unpaired) electrons. The second-order valence-electron chi connectivity index (χ2n) is 4.34. The number of carbonyl (C=O) groups is 3. The summed E-state index contributed by atoms with van der Waals surface area (Å²) in [6.45, 7) is 2.35. The van der Waals surface area contributed by atoms with Crippen LogP contribution in [0.1, 0.15) is 13.3 Å². The lowest BCUT2D eigenvalue weighted by molar-refractivity contribution is -0.144. The Balaban J connectivity index is 4.50. The van der Waals surface area contributed by atoms with Crippen LogP contribution in [0.3, 0.4) is 0 Å². The Labute approximate surface area is 107 Å². The third kappa shape index (κ3) is 6.19. The molecule has 7 nitrogen and oxygen atoms in total. The van der Waals surface area contributed by atoms with Crippen LogP contribution < -0.4 is 5.32 Å². The number of aliphatic carboxylic acids is 1. The molecule has 0 aromatic rings. The van der Waals surface area contributed by atoms with E-state index in [0.717, 1.165) is 4.90 Å². The molecular weight excluding hydrogens is 238 g/mol. The summed E-state index contributed by atoms with van der Waals surface area (Å²) in [4.78, 5) is 36.7. The third-order valence-electron chi connectivity index (χ3n) is 2.49. The van der Waals surface area contributed by atoms with Crippen molar-refractivity contribution in [2.75, 3.05) is 34.2 Å². The first-order chi connectivity index (χ1) is 8.25. The van der Waals surface area contributed by atoms with E-state index in [0.29, 0.717) is 13.1 Å². The van der Waals surface area contributed by atoms with E-state index >= 15 is 0 Å². The maximum absolute atomic E-state index is 11.8. The maximum Gasteiger partial charge on any atom is 0.305 e. The van der Waals surface area contributed by atoms with E-state index in [2.05, 4.69) is 5.32 Å². The fraction of sp³-hybridized carbons (Fsp3) is 0.727. The number of carbonyl (C=O) groups excluding carboxylic acids is 2. The first-order valence-corrected chi connectivity index (χ1v) is 5.63. The normalized spacial score (nSPS) is 12.1. The summed E-state index contributed by atoms with van der Waals surface area (Å²) >= 11 is 0. The van der Waals surface area contributed by atoms with Crippen LogP contribution in [0.4, 0.5) is 0 Å². The fourth-order valence-corrected chi connectivity index (χ4v) is 1.31. The molecule has 0 aliphatic rings. The van der Waals surface area contributed by atoms with Crippen molar-refractivity contribution in [3.05, 3.63) is 0 Å². The van der Waals surface area contributed by atoms with E-state index in [1.165, 1.54) is 14.0 Å². The van der Waals surface area contributed by atoms with Crippen LogP contribution in [-0.4, -0.2) is 73.0 Å². The van der Waals surface area contributed by atoms with Gasteiger partial charge in [0.1, 0.15) is 6.04 Å². The summed E-state index contributed by atoms with van der Waals surface area (Å²) in [6, 6.07) is -0.970. The van der Waals surface area contributed by atoms with E-state index in [1.54, 1.807) is 0 Å². The van der Waals surface area contributed by atoms with Crippen LogP contribution in [0.15, 0.2) is 0 Å². The Morgan fingerprint density at radius 1 is 1.22 bits per heavy atom. The molecule has 18 heavy (non-hydrogen) atoms.